The summed E-state index contributed by atoms with van der Waals surface area (Å²) in [6.07, 6.45) is 1.07. The molecule has 0 atom stereocenters. The zero-order valence-corrected chi connectivity index (χ0v) is 13.7. The molecule has 0 unspecified atom stereocenters. The number of hydrogen-bond acceptors (Lipinski definition) is 9. The van der Waals surface area contributed by atoms with Gasteiger partial charge in [-0.25, -0.2) is 0 Å². The third kappa shape index (κ3) is 3.80. The summed E-state index contributed by atoms with van der Waals surface area (Å²) in [6, 6.07) is 3.94. The molecule has 0 saturated heterocycles. The first kappa shape index (κ1) is 14.5. The van der Waals surface area contributed by atoms with Gasteiger partial charge in [0.05, 0.1) is 10.6 Å². The van der Waals surface area contributed by atoms with Crippen molar-refractivity contribution in [3.8, 4) is 10.7 Å². The van der Waals surface area contributed by atoms with E-state index in [0.717, 1.165) is 27.3 Å². The Morgan fingerprint density at radius 3 is 3.14 bits per heavy atom. The van der Waals surface area contributed by atoms with Crippen molar-refractivity contribution in [3.05, 3.63) is 23.4 Å². The molecule has 3 heterocycles. The maximum atomic E-state index is 5.25. The molecule has 0 fully saturated rings. The Labute approximate surface area is 134 Å². The lowest BCUT2D eigenvalue weighted by atomic mass is 10.4. The fourth-order valence-electron chi connectivity index (χ4n) is 1.51. The number of aromatic nitrogens is 4. The number of nitrogens with zero attached hydrogens (tertiary/aromatic N) is 4. The maximum Gasteiger partial charge on any atom is 0.237 e. The molecule has 0 aliphatic carbocycles. The average molecular weight is 339 g/mol. The van der Waals surface area contributed by atoms with Gasteiger partial charge in [-0.1, -0.05) is 41.2 Å². The van der Waals surface area contributed by atoms with E-state index in [4.69, 9.17) is 4.52 Å². The van der Waals surface area contributed by atoms with Crippen LogP contribution in [0, 0.1) is 0 Å². The molecular weight excluding hydrogens is 326 g/mol. The molecule has 21 heavy (non-hydrogen) atoms. The van der Waals surface area contributed by atoms with Crippen molar-refractivity contribution in [2.75, 3.05) is 11.9 Å². The van der Waals surface area contributed by atoms with Gasteiger partial charge in [-0.05, 0) is 17.9 Å². The Hall–Kier alpha value is -1.45. The van der Waals surface area contributed by atoms with E-state index in [1.54, 1.807) is 23.1 Å². The lowest BCUT2D eigenvalue weighted by Crippen LogP contribution is -1.98. The van der Waals surface area contributed by atoms with Crippen LogP contribution in [0.25, 0.3) is 10.7 Å². The molecule has 0 aliphatic rings. The molecule has 0 saturated carbocycles. The number of thiophene rings is 1. The minimum absolute atomic E-state index is 0.598. The highest BCUT2D eigenvalue weighted by atomic mass is 32.2. The van der Waals surface area contributed by atoms with Gasteiger partial charge in [-0.2, -0.15) is 4.98 Å². The van der Waals surface area contributed by atoms with Gasteiger partial charge < -0.3 is 9.84 Å². The van der Waals surface area contributed by atoms with Crippen LogP contribution in [0.2, 0.25) is 0 Å². The summed E-state index contributed by atoms with van der Waals surface area (Å²) in [5.41, 5.74) is 0. The highest BCUT2D eigenvalue weighted by molar-refractivity contribution is 8.00. The van der Waals surface area contributed by atoms with E-state index in [1.165, 1.54) is 11.3 Å². The summed E-state index contributed by atoms with van der Waals surface area (Å²) < 4.78 is 6.14. The van der Waals surface area contributed by atoms with Gasteiger partial charge in [0.25, 0.3) is 0 Å². The van der Waals surface area contributed by atoms with E-state index in [2.05, 4.69) is 32.6 Å². The Morgan fingerprint density at radius 1 is 1.38 bits per heavy atom. The van der Waals surface area contributed by atoms with Crippen molar-refractivity contribution in [1.82, 2.24) is 20.3 Å². The Balaban J connectivity index is 1.56. The van der Waals surface area contributed by atoms with Crippen LogP contribution in [0.4, 0.5) is 5.13 Å². The highest BCUT2D eigenvalue weighted by Crippen LogP contribution is 2.29. The quantitative estimate of drug-likeness (QED) is 0.657. The molecule has 0 aliphatic heterocycles. The normalized spacial score (nSPS) is 10.9. The van der Waals surface area contributed by atoms with Crippen molar-refractivity contribution < 1.29 is 4.52 Å². The van der Waals surface area contributed by atoms with Crippen molar-refractivity contribution in [2.45, 2.75) is 23.4 Å². The molecular formula is C12H13N5OS3. The van der Waals surface area contributed by atoms with Crippen molar-refractivity contribution >= 4 is 39.6 Å². The maximum absolute atomic E-state index is 5.25. The lowest BCUT2D eigenvalue weighted by molar-refractivity contribution is 0.392. The van der Waals surface area contributed by atoms with E-state index in [-0.39, 0.29) is 0 Å². The average Bonchev–Trinajstić information content (AvgIpc) is 3.22. The highest BCUT2D eigenvalue weighted by Gasteiger charge is 2.11. The van der Waals surface area contributed by atoms with Gasteiger partial charge in [0, 0.05) is 6.54 Å². The summed E-state index contributed by atoms with van der Waals surface area (Å²) in [6.45, 7) is 3.03. The van der Waals surface area contributed by atoms with Crippen LogP contribution in [-0.4, -0.2) is 26.9 Å². The third-order valence-electron chi connectivity index (χ3n) is 2.46. The lowest BCUT2D eigenvalue weighted by Gasteiger charge is -1.95. The second kappa shape index (κ2) is 7.01. The van der Waals surface area contributed by atoms with E-state index in [1.807, 2.05) is 17.5 Å². The van der Waals surface area contributed by atoms with Crippen LogP contribution >= 0.6 is 34.4 Å². The molecule has 6 nitrogen and oxygen atoms in total. The zero-order chi connectivity index (χ0) is 14.5. The van der Waals surface area contributed by atoms with Gasteiger partial charge in [0.15, 0.2) is 4.34 Å². The van der Waals surface area contributed by atoms with Crippen LogP contribution in [0.5, 0.6) is 0 Å². The summed E-state index contributed by atoms with van der Waals surface area (Å²) in [5, 5.41) is 18.2. The Morgan fingerprint density at radius 2 is 2.33 bits per heavy atom. The predicted molar refractivity (Wildman–Crippen MR) is 85.9 cm³/mol. The largest absolute Gasteiger partial charge is 0.360 e. The second-order valence-electron chi connectivity index (χ2n) is 4.08. The molecule has 1 N–H and O–H groups in total. The van der Waals surface area contributed by atoms with Crippen molar-refractivity contribution in [2.24, 2.45) is 0 Å². The second-order valence-corrected chi connectivity index (χ2v) is 7.23. The first-order valence-corrected chi connectivity index (χ1v) is 9.10. The van der Waals surface area contributed by atoms with Crippen LogP contribution in [0.15, 0.2) is 26.4 Å². The minimum atomic E-state index is 0.598. The number of thioether (sulfide) groups is 1. The Kier molecular flexibility index (Phi) is 4.84. The summed E-state index contributed by atoms with van der Waals surface area (Å²) in [4.78, 5) is 5.39. The summed E-state index contributed by atoms with van der Waals surface area (Å²) in [7, 11) is 0. The summed E-state index contributed by atoms with van der Waals surface area (Å²) in [5.74, 6) is 1.84. The first-order valence-electron chi connectivity index (χ1n) is 6.42. The number of nitrogens with one attached hydrogen (secondary N) is 1. The molecule has 0 radical (unpaired) electrons. The predicted octanol–water partition coefficient (Wildman–Crippen LogP) is 3.76. The molecule has 0 bridgehead atoms. The molecule has 110 valence electrons. The monoisotopic (exact) mass is 339 g/mol. The molecule has 3 aromatic rings. The number of rotatable bonds is 7. The van der Waals surface area contributed by atoms with Crippen molar-refractivity contribution in [3.63, 3.8) is 0 Å². The number of hydrogen-bond donors (Lipinski definition) is 1. The van der Waals surface area contributed by atoms with Crippen molar-refractivity contribution in [1.29, 1.82) is 0 Å². The third-order valence-corrected chi connectivity index (χ3v) is 5.33. The molecule has 0 aromatic carbocycles. The first-order chi connectivity index (χ1) is 10.3. The van der Waals surface area contributed by atoms with E-state index in [0.29, 0.717) is 17.5 Å². The van der Waals surface area contributed by atoms with Gasteiger partial charge in [-0.15, -0.1) is 21.5 Å². The molecule has 0 amide bonds. The smallest absolute Gasteiger partial charge is 0.237 e. The molecule has 3 aromatic heterocycles. The van der Waals surface area contributed by atoms with Gasteiger partial charge in [0.2, 0.25) is 16.8 Å². The van der Waals surface area contributed by atoms with Crippen LogP contribution < -0.4 is 5.32 Å². The van der Waals surface area contributed by atoms with Gasteiger partial charge >= 0.3 is 0 Å². The van der Waals surface area contributed by atoms with Gasteiger partial charge in [0.1, 0.15) is 0 Å². The van der Waals surface area contributed by atoms with Crippen LogP contribution in [0.3, 0.4) is 0 Å². The zero-order valence-electron chi connectivity index (χ0n) is 11.3. The van der Waals surface area contributed by atoms with E-state index >= 15 is 0 Å². The Bertz CT molecular complexity index is 679. The fraction of sp³-hybridized carbons (Fsp3) is 0.333. The van der Waals surface area contributed by atoms with Gasteiger partial charge in [-0.3, -0.25) is 0 Å². The van der Waals surface area contributed by atoms with E-state index < -0.39 is 0 Å². The van der Waals surface area contributed by atoms with Crippen LogP contribution in [-0.2, 0) is 5.75 Å². The number of anilines is 1. The molecule has 9 heteroatoms. The topological polar surface area (TPSA) is 76.7 Å². The standard InChI is InChI=1S/C12H13N5OS3/c1-2-5-13-11-15-16-12(21-11)20-7-9-14-10(17-18-9)8-4-3-6-19-8/h3-4,6H,2,5,7H2,1H3,(H,13,15). The van der Waals surface area contributed by atoms with Crippen LogP contribution in [0.1, 0.15) is 19.2 Å². The SMILES string of the molecule is CCCNc1nnc(SCc2nc(-c3cccs3)no2)s1. The summed E-state index contributed by atoms with van der Waals surface area (Å²) >= 11 is 4.68. The van der Waals surface area contributed by atoms with E-state index in [9.17, 15) is 0 Å². The fourth-order valence-corrected chi connectivity index (χ4v) is 3.78. The molecule has 0 spiro atoms. The minimum Gasteiger partial charge on any atom is -0.360 e. The molecule has 3 rings (SSSR count).